The summed E-state index contributed by atoms with van der Waals surface area (Å²) in [4.78, 5) is 8.20. The van der Waals surface area contributed by atoms with E-state index in [0.29, 0.717) is 0 Å². The molecule has 0 radical (unpaired) electrons. The van der Waals surface area contributed by atoms with Gasteiger partial charge in [-0.2, -0.15) is 0 Å². The van der Waals surface area contributed by atoms with Gasteiger partial charge in [-0.1, -0.05) is 6.92 Å². The molecule has 0 saturated carbocycles. The second kappa shape index (κ2) is 3.10. The van der Waals surface area contributed by atoms with Gasteiger partial charge in [0.05, 0.1) is 5.69 Å². The van der Waals surface area contributed by atoms with E-state index in [2.05, 4.69) is 39.5 Å². The Kier molecular flexibility index (Phi) is 2.38. The van der Waals surface area contributed by atoms with Gasteiger partial charge in [-0.3, -0.25) is 4.98 Å². The number of aryl methyl sites for hydroxylation is 1. The Bertz CT molecular complexity index is 200. The Morgan fingerprint density at radius 3 is 2.56 bits per heavy atom. The molecule has 1 aromatic rings. The van der Waals surface area contributed by atoms with Gasteiger partial charge in [0.1, 0.15) is 3.70 Å². The molecule has 0 aliphatic heterocycles. The fourth-order valence-electron chi connectivity index (χ4n) is 0.587. The molecule has 0 atom stereocenters. The van der Waals surface area contributed by atoms with E-state index in [9.17, 15) is 0 Å². The van der Waals surface area contributed by atoms with Gasteiger partial charge in [-0.15, -0.1) is 0 Å². The maximum Gasteiger partial charge on any atom is 0.122 e. The van der Waals surface area contributed by atoms with E-state index < -0.39 is 0 Å². The summed E-state index contributed by atoms with van der Waals surface area (Å²) < 4.78 is 1.01. The first kappa shape index (κ1) is 6.92. The van der Waals surface area contributed by atoms with Crippen molar-refractivity contribution < 1.29 is 0 Å². The second-order valence-corrected chi connectivity index (χ2v) is 2.67. The highest BCUT2D eigenvalue weighted by Gasteiger charge is 1.94. The fourth-order valence-corrected chi connectivity index (χ4v) is 1.27. The Balaban J connectivity index is 3.01. The summed E-state index contributed by atoms with van der Waals surface area (Å²) in [6.07, 6.45) is 4.40. The van der Waals surface area contributed by atoms with E-state index in [0.717, 1.165) is 15.8 Å². The third-order valence-electron chi connectivity index (χ3n) is 1.06. The monoisotopic (exact) mass is 234 g/mol. The van der Waals surface area contributed by atoms with Gasteiger partial charge in [0.2, 0.25) is 0 Å². The van der Waals surface area contributed by atoms with Crippen molar-refractivity contribution in [2.45, 2.75) is 13.3 Å². The van der Waals surface area contributed by atoms with E-state index in [1.165, 1.54) is 0 Å². The number of aromatic nitrogens is 2. The lowest BCUT2D eigenvalue weighted by atomic mass is 10.4. The molecule has 2 nitrogen and oxygen atoms in total. The summed E-state index contributed by atoms with van der Waals surface area (Å²) in [7, 11) is 0. The number of nitrogens with zero attached hydrogens (tertiary/aromatic N) is 2. The lowest BCUT2D eigenvalue weighted by molar-refractivity contribution is 0.975. The van der Waals surface area contributed by atoms with Crippen molar-refractivity contribution in [2.24, 2.45) is 0 Å². The summed E-state index contributed by atoms with van der Waals surface area (Å²) >= 11 is 2.19. The van der Waals surface area contributed by atoms with Crippen LogP contribution < -0.4 is 0 Å². The average Bonchev–Trinajstić information content (AvgIpc) is 1.89. The SMILES string of the molecule is CCc1nccnc1I. The minimum Gasteiger partial charge on any atom is -0.257 e. The Hall–Kier alpha value is -0.190. The zero-order chi connectivity index (χ0) is 6.69. The van der Waals surface area contributed by atoms with E-state index in [4.69, 9.17) is 0 Å². The lowest BCUT2D eigenvalue weighted by Crippen LogP contribution is -1.92. The van der Waals surface area contributed by atoms with Crippen LogP contribution in [-0.4, -0.2) is 9.97 Å². The molecule has 1 rings (SSSR count). The van der Waals surface area contributed by atoms with Crippen LogP contribution in [0.1, 0.15) is 12.6 Å². The largest absolute Gasteiger partial charge is 0.257 e. The third-order valence-corrected chi connectivity index (χ3v) is 1.96. The molecule has 3 heteroatoms. The van der Waals surface area contributed by atoms with Gasteiger partial charge < -0.3 is 0 Å². The lowest BCUT2D eigenvalue weighted by Gasteiger charge is -1.94. The van der Waals surface area contributed by atoms with Crippen molar-refractivity contribution in [3.8, 4) is 0 Å². The normalized spacial score (nSPS) is 9.56. The Morgan fingerprint density at radius 1 is 1.44 bits per heavy atom. The number of rotatable bonds is 1. The summed E-state index contributed by atoms with van der Waals surface area (Å²) in [6, 6.07) is 0. The van der Waals surface area contributed by atoms with Gasteiger partial charge in [0.15, 0.2) is 0 Å². The van der Waals surface area contributed by atoms with Crippen molar-refractivity contribution in [1.29, 1.82) is 0 Å². The summed E-state index contributed by atoms with van der Waals surface area (Å²) in [5, 5.41) is 0. The molecular weight excluding hydrogens is 227 g/mol. The molecule has 0 bridgehead atoms. The zero-order valence-electron chi connectivity index (χ0n) is 5.13. The first-order valence-corrected chi connectivity index (χ1v) is 3.88. The third kappa shape index (κ3) is 1.61. The van der Waals surface area contributed by atoms with Crippen LogP contribution in [0.3, 0.4) is 0 Å². The van der Waals surface area contributed by atoms with Crippen molar-refractivity contribution >= 4 is 22.6 Å². The highest BCUT2D eigenvalue weighted by Crippen LogP contribution is 2.04. The smallest absolute Gasteiger partial charge is 0.122 e. The Morgan fingerprint density at radius 2 is 2.11 bits per heavy atom. The van der Waals surface area contributed by atoms with Crippen LogP contribution in [0.4, 0.5) is 0 Å². The van der Waals surface area contributed by atoms with Crippen LogP contribution in [0.2, 0.25) is 0 Å². The quantitative estimate of drug-likeness (QED) is 0.690. The number of hydrogen-bond donors (Lipinski definition) is 0. The minimum absolute atomic E-state index is 0.964. The molecule has 1 heterocycles. The molecule has 0 unspecified atom stereocenters. The van der Waals surface area contributed by atoms with Crippen molar-refractivity contribution in [2.75, 3.05) is 0 Å². The van der Waals surface area contributed by atoms with Crippen LogP contribution in [-0.2, 0) is 6.42 Å². The molecule has 0 aromatic carbocycles. The van der Waals surface area contributed by atoms with Crippen LogP contribution >= 0.6 is 22.6 Å². The molecule has 0 N–H and O–H groups in total. The van der Waals surface area contributed by atoms with Crippen LogP contribution in [0.25, 0.3) is 0 Å². The van der Waals surface area contributed by atoms with Gasteiger partial charge >= 0.3 is 0 Å². The number of halogens is 1. The molecule has 0 saturated heterocycles. The minimum atomic E-state index is 0.964. The molecule has 0 spiro atoms. The van der Waals surface area contributed by atoms with Gasteiger partial charge in [0.25, 0.3) is 0 Å². The standard InChI is InChI=1S/C6H7IN2/c1-2-5-6(7)9-4-3-8-5/h3-4H,2H2,1H3. The maximum absolute atomic E-state index is 4.13. The second-order valence-electron chi connectivity index (χ2n) is 1.65. The molecule has 0 fully saturated rings. The van der Waals surface area contributed by atoms with Crippen LogP contribution in [0.5, 0.6) is 0 Å². The van der Waals surface area contributed by atoms with E-state index in [1.807, 2.05) is 0 Å². The number of hydrogen-bond acceptors (Lipinski definition) is 2. The first-order valence-electron chi connectivity index (χ1n) is 2.80. The van der Waals surface area contributed by atoms with Crippen LogP contribution in [0, 0.1) is 3.70 Å². The van der Waals surface area contributed by atoms with Gasteiger partial charge in [-0.25, -0.2) is 4.98 Å². The predicted octanol–water partition coefficient (Wildman–Crippen LogP) is 1.64. The molecule has 0 aliphatic carbocycles. The summed E-state index contributed by atoms with van der Waals surface area (Å²) in [6.45, 7) is 2.08. The summed E-state index contributed by atoms with van der Waals surface area (Å²) in [5.74, 6) is 0. The fraction of sp³-hybridized carbons (Fsp3) is 0.333. The first-order chi connectivity index (χ1) is 4.34. The van der Waals surface area contributed by atoms with Gasteiger partial charge in [-0.05, 0) is 29.0 Å². The predicted molar refractivity (Wildman–Crippen MR) is 44.1 cm³/mol. The molecular formula is C6H7IN2. The Labute approximate surface area is 67.9 Å². The van der Waals surface area contributed by atoms with E-state index in [-0.39, 0.29) is 0 Å². The molecule has 0 aliphatic rings. The van der Waals surface area contributed by atoms with E-state index >= 15 is 0 Å². The van der Waals surface area contributed by atoms with Crippen molar-refractivity contribution in [3.05, 3.63) is 21.8 Å². The molecule has 0 amide bonds. The van der Waals surface area contributed by atoms with Crippen molar-refractivity contribution in [3.63, 3.8) is 0 Å². The summed E-state index contributed by atoms with van der Waals surface area (Å²) in [5.41, 5.74) is 1.08. The molecule has 1 aromatic heterocycles. The molecule has 48 valence electrons. The van der Waals surface area contributed by atoms with Crippen molar-refractivity contribution in [1.82, 2.24) is 9.97 Å². The molecule has 9 heavy (non-hydrogen) atoms. The highest BCUT2D eigenvalue weighted by molar-refractivity contribution is 14.1. The van der Waals surface area contributed by atoms with Crippen LogP contribution in [0.15, 0.2) is 12.4 Å². The maximum atomic E-state index is 4.13. The average molecular weight is 234 g/mol. The van der Waals surface area contributed by atoms with E-state index in [1.54, 1.807) is 12.4 Å². The topological polar surface area (TPSA) is 25.8 Å². The highest BCUT2D eigenvalue weighted by atomic mass is 127. The van der Waals surface area contributed by atoms with Gasteiger partial charge in [0, 0.05) is 12.4 Å². The zero-order valence-corrected chi connectivity index (χ0v) is 7.29.